The van der Waals surface area contributed by atoms with Gasteiger partial charge in [-0.05, 0) is 18.6 Å². The number of carbonyl (C=O) groups is 1. The van der Waals surface area contributed by atoms with E-state index in [-0.39, 0.29) is 11.1 Å². The minimum absolute atomic E-state index is 0.0538. The van der Waals surface area contributed by atoms with Crippen LogP contribution >= 0.6 is 0 Å². The molecule has 0 amide bonds. The van der Waals surface area contributed by atoms with Crippen molar-refractivity contribution >= 4 is 17.3 Å². The average Bonchev–Trinajstić information content (AvgIpc) is 2.24. The number of rotatable bonds is 1. The van der Waals surface area contributed by atoms with Gasteiger partial charge in [-0.1, -0.05) is 0 Å². The summed E-state index contributed by atoms with van der Waals surface area (Å²) in [5, 5.41) is 19.4. The molecule has 0 bridgehead atoms. The van der Waals surface area contributed by atoms with Crippen molar-refractivity contribution in [3.8, 4) is 11.5 Å². The zero-order chi connectivity index (χ0) is 11.9. The van der Waals surface area contributed by atoms with Gasteiger partial charge in [0.05, 0.1) is 5.56 Å². The first-order valence-corrected chi connectivity index (χ1v) is 4.49. The smallest absolute Gasteiger partial charge is 0.336 e. The second-order valence-corrected chi connectivity index (χ2v) is 3.41. The Hall–Kier alpha value is -2.30. The number of aromatic hydroxyl groups is 2. The third kappa shape index (κ3) is 1.33. The van der Waals surface area contributed by atoms with E-state index in [9.17, 15) is 19.8 Å². The van der Waals surface area contributed by atoms with Crippen molar-refractivity contribution in [2.75, 3.05) is 0 Å². The molecule has 0 radical (unpaired) electrons. The zero-order valence-corrected chi connectivity index (χ0v) is 8.35. The van der Waals surface area contributed by atoms with Gasteiger partial charge in [-0.15, -0.1) is 0 Å². The third-order valence-electron chi connectivity index (χ3n) is 2.35. The topological polar surface area (TPSA) is 87.7 Å². The van der Waals surface area contributed by atoms with E-state index in [1.54, 1.807) is 6.92 Å². The van der Waals surface area contributed by atoms with Gasteiger partial charge in [-0.25, -0.2) is 4.79 Å². The SMILES string of the molecule is Cc1cc(=O)oc2c(O)c(O)c(C=O)cc12. The van der Waals surface area contributed by atoms with Gasteiger partial charge in [0.2, 0.25) is 5.75 Å². The Kier molecular flexibility index (Phi) is 2.16. The molecule has 5 heteroatoms. The van der Waals surface area contributed by atoms with Crippen molar-refractivity contribution in [1.82, 2.24) is 0 Å². The Labute approximate surface area is 89.6 Å². The first kappa shape index (κ1) is 10.2. The van der Waals surface area contributed by atoms with Gasteiger partial charge >= 0.3 is 5.63 Å². The van der Waals surface area contributed by atoms with Crippen LogP contribution < -0.4 is 5.63 Å². The van der Waals surface area contributed by atoms with E-state index in [0.29, 0.717) is 17.2 Å². The van der Waals surface area contributed by atoms with Gasteiger partial charge < -0.3 is 14.6 Å². The lowest BCUT2D eigenvalue weighted by molar-refractivity contribution is 0.112. The van der Waals surface area contributed by atoms with Crippen molar-refractivity contribution in [1.29, 1.82) is 0 Å². The molecule has 0 aliphatic heterocycles. The molecule has 0 saturated carbocycles. The quantitative estimate of drug-likeness (QED) is 0.430. The maximum absolute atomic E-state index is 11.1. The van der Waals surface area contributed by atoms with Crippen LogP contribution in [-0.4, -0.2) is 16.5 Å². The van der Waals surface area contributed by atoms with E-state index in [4.69, 9.17) is 4.42 Å². The van der Waals surface area contributed by atoms with E-state index < -0.39 is 17.1 Å². The fraction of sp³-hybridized carbons (Fsp3) is 0.0909. The largest absolute Gasteiger partial charge is 0.504 e. The Morgan fingerprint density at radius 3 is 2.56 bits per heavy atom. The molecule has 0 aliphatic carbocycles. The fourth-order valence-corrected chi connectivity index (χ4v) is 1.53. The van der Waals surface area contributed by atoms with E-state index in [1.807, 2.05) is 0 Å². The second kappa shape index (κ2) is 3.37. The van der Waals surface area contributed by atoms with Crippen molar-refractivity contribution in [2.45, 2.75) is 6.92 Å². The van der Waals surface area contributed by atoms with Crippen molar-refractivity contribution in [3.63, 3.8) is 0 Å². The van der Waals surface area contributed by atoms with Gasteiger partial charge in [0.15, 0.2) is 17.6 Å². The van der Waals surface area contributed by atoms with Crippen LogP contribution in [0.1, 0.15) is 15.9 Å². The molecule has 1 heterocycles. The molecular formula is C11H8O5. The Morgan fingerprint density at radius 1 is 1.25 bits per heavy atom. The Morgan fingerprint density at radius 2 is 1.94 bits per heavy atom. The summed E-state index contributed by atoms with van der Waals surface area (Å²) in [5.74, 6) is -1.18. The van der Waals surface area contributed by atoms with Crippen LogP contribution in [0.4, 0.5) is 0 Å². The van der Waals surface area contributed by atoms with Crippen LogP contribution in [0, 0.1) is 6.92 Å². The lowest BCUT2D eigenvalue weighted by Crippen LogP contribution is -1.98. The second-order valence-electron chi connectivity index (χ2n) is 3.41. The molecule has 1 aromatic heterocycles. The van der Waals surface area contributed by atoms with Crippen molar-refractivity contribution in [3.05, 3.63) is 33.7 Å². The Balaban J connectivity index is 3.04. The number of phenolic OH excluding ortho intramolecular Hbond substituents is 2. The van der Waals surface area contributed by atoms with Gasteiger partial charge in [-0.3, -0.25) is 4.79 Å². The predicted molar refractivity (Wildman–Crippen MR) is 55.9 cm³/mol. The summed E-state index contributed by atoms with van der Waals surface area (Å²) in [6, 6.07) is 2.60. The highest BCUT2D eigenvalue weighted by Gasteiger charge is 2.15. The predicted octanol–water partition coefficient (Wildman–Crippen LogP) is 1.33. The Bertz CT molecular complexity index is 639. The fourth-order valence-electron chi connectivity index (χ4n) is 1.53. The zero-order valence-electron chi connectivity index (χ0n) is 8.35. The molecular weight excluding hydrogens is 212 g/mol. The van der Waals surface area contributed by atoms with E-state index >= 15 is 0 Å². The number of hydrogen-bond acceptors (Lipinski definition) is 5. The number of carbonyl (C=O) groups excluding carboxylic acids is 1. The van der Waals surface area contributed by atoms with Crippen LogP contribution in [0.5, 0.6) is 11.5 Å². The van der Waals surface area contributed by atoms with Crippen LogP contribution in [0.15, 0.2) is 21.3 Å². The maximum atomic E-state index is 11.1. The van der Waals surface area contributed by atoms with E-state index in [1.165, 1.54) is 12.1 Å². The normalized spacial score (nSPS) is 10.6. The lowest BCUT2D eigenvalue weighted by atomic mass is 10.1. The number of hydrogen-bond donors (Lipinski definition) is 2. The molecule has 2 N–H and O–H groups in total. The van der Waals surface area contributed by atoms with Gasteiger partial charge in [0.25, 0.3) is 0 Å². The lowest BCUT2D eigenvalue weighted by Gasteiger charge is -2.06. The molecule has 0 unspecified atom stereocenters. The minimum atomic E-state index is -0.626. The number of aldehydes is 1. The highest BCUT2D eigenvalue weighted by Crippen LogP contribution is 2.36. The van der Waals surface area contributed by atoms with E-state index in [0.717, 1.165) is 0 Å². The highest BCUT2D eigenvalue weighted by atomic mass is 16.4. The number of phenols is 2. The van der Waals surface area contributed by atoms with Crippen molar-refractivity contribution in [2.24, 2.45) is 0 Å². The van der Waals surface area contributed by atoms with E-state index in [2.05, 4.69) is 0 Å². The third-order valence-corrected chi connectivity index (χ3v) is 2.35. The summed E-state index contributed by atoms with van der Waals surface area (Å²) in [5.41, 5.74) is -0.238. The minimum Gasteiger partial charge on any atom is -0.504 e. The monoisotopic (exact) mass is 220 g/mol. The molecule has 16 heavy (non-hydrogen) atoms. The van der Waals surface area contributed by atoms with Crippen LogP contribution in [0.3, 0.4) is 0 Å². The molecule has 0 fully saturated rings. The molecule has 1 aromatic carbocycles. The molecule has 2 rings (SSSR count). The summed E-state index contributed by atoms with van der Waals surface area (Å²) in [7, 11) is 0. The average molecular weight is 220 g/mol. The number of aryl methyl sites for hydroxylation is 1. The summed E-state index contributed by atoms with van der Waals surface area (Å²) >= 11 is 0. The standard InChI is InChI=1S/C11H8O5/c1-5-2-8(13)16-11-7(5)3-6(4-12)9(14)10(11)15/h2-4,14-15H,1H3. The first-order valence-electron chi connectivity index (χ1n) is 4.49. The van der Waals surface area contributed by atoms with Crippen LogP contribution in [-0.2, 0) is 0 Å². The van der Waals surface area contributed by atoms with Crippen LogP contribution in [0.25, 0.3) is 11.0 Å². The molecule has 5 nitrogen and oxygen atoms in total. The highest BCUT2D eigenvalue weighted by molar-refractivity contribution is 5.95. The maximum Gasteiger partial charge on any atom is 0.336 e. The molecule has 82 valence electrons. The van der Waals surface area contributed by atoms with Gasteiger partial charge in [-0.2, -0.15) is 0 Å². The summed E-state index contributed by atoms with van der Waals surface area (Å²) in [6.45, 7) is 1.64. The van der Waals surface area contributed by atoms with Gasteiger partial charge in [0.1, 0.15) is 0 Å². The van der Waals surface area contributed by atoms with Gasteiger partial charge in [0, 0.05) is 11.5 Å². The molecule has 0 spiro atoms. The van der Waals surface area contributed by atoms with Crippen molar-refractivity contribution < 1.29 is 19.4 Å². The number of fused-ring (bicyclic) bond motifs is 1. The molecule has 2 aromatic rings. The first-order chi connectivity index (χ1) is 7.54. The number of benzene rings is 1. The molecule has 0 atom stereocenters. The summed E-state index contributed by atoms with van der Waals surface area (Å²) in [6.07, 6.45) is 0.416. The molecule has 0 aliphatic rings. The molecule has 0 saturated heterocycles. The summed E-state index contributed by atoms with van der Waals surface area (Å²) in [4.78, 5) is 21.7. The summed E-state index contributed by atoms with van der Waals surface area (Å²) < 4.78 is 4.77. The van der Waals surface area contributed by atoms with Crippen LogP contribution in [0.2, 0.25) is 0 Å².